The predicted octanol–water partition coefficient (Wildman–Crippen LogP) is 3.35. The number of Topliss-reactive ketones (excluding diaryl/α,β-unsaturated/α-hetero) is 2. The third kappa shape index (κ3) is 4.00. The van der Waals surface area contributed by atoms with E-state index in [0.717, 1.165) is 23.3 Å². The van der Waals surface area contributed by atoms with Crippen LogP contribution < -0.4 is 4.90 Å². The predicted molar refractivity (Wildman–Crippen MR) is 110 cm³/mol. The average Bonchev–Trinajstić information content (AvgIpc) is 3.04. The first kappa shape index (κ1) is 21.6. The van der Waals surface area contributed by atoms with Gasteiger partial charge in [-0.1, -0.05) is 17.7 Å². The van der Waals surface area contributed by atoms with Crippen LogP contribution in [0.4, 0.5) is 14.5 Å². The van der Waals surface area contributed by atoms with Crippen molar-refractivity contribution in [3.8, 4) is 0 Å². The largest absolute Gasteiger partial charge is 0.373 e. The summed E-state index contributed by atoms with van der Waals surface area (Å²) in [6, 6.07) is 7.10. The van der Waals surface area contributed by atoms with E-state index in [2.05, 4.69) is 0 Å². The first-order valence-electron chi connectivity index (χ1n) is 10.0. The van der Waals surface area contributed by atoms with E-state index in [0.29, 0.717) is 24.9 Å². The van der Waals surface area contributed by atoms with E-state index in [1.807, 2.05) is 6.07 Å². The van der Waals surface area contributed by atoms with Crippen molar-refractivity contribution in [2.45, 2.75) is 44.1 Å². The number of fused-ring (bicyclic) bond motifs is 1. The number of carbonyl (C=O) groups is 3. The summed E-state index contributed by atoms with van der Waals surface area (Å²) in [6.07, 6.45) is 0.797. The minimum absolute atomic E-state index is 0.0894. The van der Waals surface area contributed by atoms with Crippen LogP contribution in [0.2, 0.25) is 5.02 Å². The zero-order valence-corrected chi connectivity index (χ0v) is 17.3. The Hall–Kier alpha value is -2.64. The van der Waals surface area contributed by atoms with E-state index in [4.69, 9.17) is 11.6 Å². The maximum Gasteiger partial charge on any atom is 0.266 e. The molecule has 0 spiro atoms. The van der Waals surface area contributed by atoms with Gasteiger partial charge in [-0.15, -0.1) is 0 Å². The molecule has 0 saturated carbocycles. The number of hydrogen-bond donors (Lipinski definition) is 1. The second-order valence-electron chi connectivity index (χ2n) is 8.02. The van der Waals surface area contributed by atoms with Gasteiger partial charge in [0.05, 0.1) is 5.02 Å². The van der Waals surface area contributed by atoms with E-state index < -0.39 is 33.9 Å². The third-order valence-electron chi connectivity index (χ3n) is 6.01. The summed E-state index contributed by atoms with van der Waals surface area (Å²) < 4.78 is 27.5. The Morgan fingerprint density at radius 2 is 1.90 bits per heavy atom. The molecule has 2 aromatic rings. The van der Waals surface area contributed by atoms with Crippen LogP contribution in [0.5, 0.6) is 0 Å². The minimum Gasteiger partial charge on any atom is -0.373 e. The lowest BCUT2D eigenvalue weighted by atomic mass is 9.90. The minimum atomic E-state index is -2.21. The van der Waals surface area contributed by atoms with Crippen molar-refractivity contribution in [3.05, 3.63) is 63.7 Å². The number of aryl methyl sites for hydroxylation is 2. The van der Waals surface area contributed by atoms with Crippen LogP contribution in [0.3, 0.4) is 0 Å². The van der Waals surface area contributed by atoms with Gasteiger partial charge in [0.25, 0.3) is 5.91 Å². The molecule has 8 heteroatoms. The second-order valence-corrected chi connectivity index (χ2v) is 8.43. The fraction of sp³-hybridized carbons (Fsp3) is 0.348. The molecule has 2 aromatic carbocycles. The number of rotatable bonds is 5. The molecule has 2 aliphatic rings. The topological polar surface area (TPSA) is 74.7 Å². The highest BCUT2D eigenvalue weighted by Crippen LogP contribution is 2.33. The van der Waals surface area contributed by atoms with Gasteiger partial charge in [-0.2, -0.15) is 0 Å². The molecule has 0 radical (unpaired) electrons. The number of hydrogen-bond acceptors (Lipinski definition) is 4. The molecule has 0 aromatic heterocycles. The summed E-state index contributed by atoms with van der Waals surface area (Å²) in [7, 11) is 0. The number of nitrogens with zero attached hydrogens (tertiary/aromatic N) is 1. The van der Waals surface area contributed by atoms with Gasteiger partial charge in [0, 0.05) is 37.9 Å². The van der Waals surface area contributed by atoms with Gasteiger partial charge in [-0.05, 0) is 53.8 Å². The molecule has 31 heavy (non-hydrogen) atoms. The maximum absolute atomic E-state index is 14.1. The quantitative estimate of drug-likeness (QED) is 0.563. The molecule has 1 heterocycles. The number of benzene rings is 2. The number of aliphatic hydroxyl groups is 1. The van der Waals surface area contributed by atoms with E-state index in [-0.39, 0.29) is 37.2 Å². The molecule has 1 atom stereocenters. The van der Waals surface area contributed by atoms with Crippen LogP contribution in [0, 0.1) is 11.6 Å². The van der Waals surface area contributed by atoms with Crippen molar-refractivity contribution in [2.75, 3.05) is 11.4 Å². The van der Waals surface area contributed by atoms with Gasteiger partial charge in [0.1, 0.15) is 17.4 Å². The van der Waals surface area contributed by atoms with Crippen LogP contribution in [0.1, 0.15) is 36.0 Å². The summed E-state index contributed by atoms with van der Waals surface area (Å²) >= 11 is 5.63. The lowest BCUT2D eigenvalue weighted by Crippen LogP contribution is -2.47. The molecular formula is C23H20ClF2NO4. The van der Waals surface area contributed by atoms with E-state index in [1.54, 1.807) is 12.1 Å². The Balaban J connectivity index is 1.48. The van der Waals surface area contributed by atoms with Crippen LogP contribution in [-0.4, -0.2) is 34.7 Å². The summed E-state index contributed by atoms with van der Waals surface area (Å²) in [4.78, 5) is 38.6. The lowest BCUT2D eigenvalue weighted by Gasteiger charge is -2.23. The molecule has 1 amide bonds. The van der Waals surface area contributed by atoms with E-state index >= 15 is 0 Å². The van der Waals surface area contributed by atoms with E-state index in [1.165, 1.54) is 4.90 Å². The van der Waals surface area contributed by atoms with Gasteiger partial charge in [-0.25, -0.2) is 8.78 Å². The first-order valence-corrected chi connectivity index (χ1v) is 10.4. The molecule has 1 N–H and O–H groups in total. The molecule has 1 aliphatic heterocycles. The van der Waals surface area contributed by atoms with Gasteiger partial charge in [0.2, 0.25) is 5.60 Å². The van der Waals surface area contributed by atoms with Crippen molar-refractivity contribution in [3.63, 3.8) is 0 Å². The highest BCUT2D eigenvalue weighted by Gasteiger charge is 2.51. The maximum atomic E-state index is 14.1. The molecule has 162 valence electrons. The van der Waals surface area contributed by atoms with E-state index in [9.17, 15) is 28.3 Å². The molecule has 1 fully saturated rings. The molecule has 1 saturated heterocycles. The number of ketones is 2. The third-order valence-corrected chi connectivity index (χ3v) is 6.28. The van der Waals surface area contributed by atoms with Crippen molar-refractivity contribution >= 4 is 34.8 Å². The Kier molecular flexibility index (Phi) is 5.66. The second kappa shape index (κ2) is 8.13. The summed E-state index contributed by atoms with van der Waals surface area (Å²) in [5.41, 5.74) is 0.164. The number of anilines is 1. The van der Waals surface area contributed by atoms with Crippen LogP contribution in [0.25, 0.3) is 0 Å². The fourth-order valence-corrected chi connectivity index (χ4v) is 4.44. The summed E-state index contributed by atoms with van der Waals surface area (Å²) in [5, 5.41) is 10.4. The van der Waals surface area contributed by atoms with Crippen LogP contribution in [0.15, 0.2) is 30.3 Å². The zero-order valence-electron chi connectivity index (χ0n) is 16.6. The SMILES string of the molecule is O=C1CCc2cc(N3CC[C@](O)(C(=O)CCc4cc(F)cc(Cl)c4F)C3=O)ccc2C1. The van der Waals surface area contributed by atoms with Crippen LogP contribution in [-0.2, 0) is 33.6 Å². The van der Waals surface area contributed by atoms with Gasteiger partial charge in [-0.3, -0.25) is 14.4 Å². The Labute approximate surface area is 182 Å². The molecular weight excluding hydrogens is 428 g/mol. The Morgan fingerprint density at radius 1 is 1.13 bits per heavy atom. The number of halogens is 3. The first-order chi connectivity index (χ1) is 14.7. The van der Waals surface area contributed by atoms with Crippen molar-refractivity contribution < 1.29 is 28.3 Å². The van der Waals surface area contributed by atoms with Crippen LogP contribution >= 0.6 is 11.6 Å². The standard InChI is InChI=1S/C23H20ClF2NO4/c24-19-12-16(25)9-15(21(19)26)3-6-20(29)23(31)7-8-27(22(23)30)17-4-1-14-11-18(28)5-2-13(14)10-17/h1,4,9-10,12,31H,2-3,5-8,11H2/t23-/m0/s1. The van der Waals surface area contributed by atoms with Gasteiger partial charge in [0.15, 0.2) is 5.78 Å². The van der Waals surface area contributed by atoms with Crippen molar-refractivity contribution in [2.24, 2.45) is 0 Å². The van der Waals surface area contributed by atoms with Gasteiger partial charge >= 0.3 is 0 Å². The zero-order chi connectivity index (χ0) is 22.3. The normalized spacial score (nSPS) is 20.8. The summed E-state index contributed by atoms with van der Waals surface area (Å²) in [6.45, 7) is 0.152. The monoisotopic (exact) mass is 447 g/mol. The van der Waals surface area contributed by atoms with Crippen molar-refractivity contribution in [1.29, 1.82) is 0 Å². The highest BCUT2D eigenvalue weighted by molar-refractivity contribution is 6.30. The molecule has 4 rings (SSSR count). The highest BCUT2D eigenvalue weighted by atomic mass is 35.5. The van der Waals surface area contributed by atoms with Crippen molar-refractivity contribution in [1.82, 2.24) is 0 Å². The fourth-order valence-electron chi connectivity index (χ4n) is 4.22. The van der Waals surface area contributed by atoms with Gasteiger partial charge < -0.3 is 10.0 Å². The number of amides is 1. The molecule has 5 nitrogen and oxygen atoms in total. The summed E-state index contributed by atoms with van der Waals surface area (Å²) in [5.74, 6) is -2.86. The smallest absolute Gasteiger partial charge is 0.266 e. The molecule has 0 bridgehead atoms. The Morgan fingerprint density at radius 3 is 2.68 bits per heavy atom. The lowest BCUT2D eigenvalue weighted by molar-refractivity contribution is -0.147. The number of carbonyl (C=O) groups excluding carboxylic acids is 3. The Bertz CT molecular complexity index is 1100. The molecule has 0 unspecified atom stereocenters. The molecule has 1 aliphatic carbocycles. The average molecular weight is 448 g/mol.